The van der Waals surface area contributed by atoms with Gasteiger partial charge in [0.25, 0.3) is 0 Å². The van der Waals surface area contributed by atoms with Crippen LogP contribution in [0, 0.1) is 5.92 Å². The maximum absolute atomic E-state index is 4.71. The Labute approximate surface area is 93.6 Å². The molecule has 14 heavy (non-hydrogen) atoms. The Morgan fingerprint density at radius 3 is 3.14 bits per heavy atom. The highest BCUT2D eigenvalue weighted by atomic mass is 32.2. The van der Waals surface area contributed by atoms with Crippen LogP contribution in [0.3, 0.4) is 0 Å². The van der Waals surface area contributed by atoms with Gasteiger partial charge in [0.1, 0.15) is 0 Å². The summed E-state index contributed by atoms with van der Waals surface area (Å²) in [6.07, 6.45) is 1.14. The molecule has 2 heterocycles. The molecule has 0 unspecified atom stereocenters. The molecule has 0 radical (unpaired) electrons. The van der Waals surface area contributed by atoms with Crippen molar-refractivity contribution in [2.75, 3.05) is 12.3 Å². The Kier molecular flexibility index (Phi) is 3.29. The van der Waals surface area contributed by atoms with E-state index in [9.17, 15) is 0 Å². The summed E-state index contributed by atoms with van der Waals surface area (Å²) in [7, 11) is 0. The quantitative estimate of drug-likeness (QED) is 0.748. The van der Waals surface area contributed by atoms with Gasteiger partial charge in [0.2, 0.25) is 0 Å². The zero-order valence-electron chi connectivity index (χ0n) is 8.62. The van der Waals surface area contributed by atoms with Crippen LogP contribution >= 0.6 is 23.1 Å². The van der Waals surface area contributed by atoms with Crippen molar-refractivity contribution in [3.8, 4) is 0 Å². The van der Waals surface area contributed by atoms with Gasteiger partial charge >= 0.3 is 0 Å². The van der Waals surface area contributed by atoms with Gasteiger partial charge in [-0.05, 0) is 23.8 Å². The topological polar surface area (TPSA) is 12.4 Å². The number of thioether (sulfide) groups is 1. The molecule has 0 N–H and O–H groups in total. The monoisotopic (exact) mass is 225 g/mol. The van der Waals surface area contributed by atoms with Crippen molar-refractivity contribution < 1.29 is 0 Å². The van der Waals surface area contributed by atoms with Gasteiger partial charge in [-0.25, -0.2) is 0 Å². The standard InChI is InChI=1S/C11H15NS2/c1-8(2)7-12-10-4-6-14-11-9(10)3-5-13-11/h3,5,8H,4,6-7H2,1-2H3. The molecule has 1 nitrogen and oxygen atoms in total. The van der Waals surface area contributed by atoms with Gasteiger partial charge in [-0.1, -0.05) is 13.8 Å². The Balaban J connectivity index is 2.19. The first kappa shape index (κ1) is 10.2. The van der Waals surface area contributed by atoms with Crippen molar-refractivity contribution >= 4 is 28.8 Å². The van der Waals surface area contributed by atoms with Crippen LogP contribution < -0.4 is 0 Å². The third-order valence-electron chi connectivity index (χ3n) is 2.16. The van der Waals surface area contributed by atoms with Gasteiger partial charge in [-0.3, -0.25) is 4.99 Å². The molecule has 0 amide bonds. The Hall–Kier alpha value is -0.280. The molecule has 0 saturated heterocycles. The predicted octanol–water partition coefficient (Wildman–Crippen LogP) is 3.69. The number of fused-ring (bicyclic) bond motifs is 1. The van der Waals surface area contributed by atoms with Crippen LogP contribution in [-0.4, -0.2) is 18.0 Å². The van der Waals surface area contributed by atoms with E-state index in [2.05, 4.69) is 25.3 Å². The van der Waals surface area contributed by atoms with Gasteiger partial charge in [-0.2, -0.15) is 0 Å². The van der Waals surface area contributed by atoms with Gasteiger partial charge in [0, 0.05) is 23.6 Å². The van der Waals surface area contributed by atoms with Gasteiger partial charge in [0.05, 0.1) is 4.21 Å². The van der Waals surface area contributed by atoms with Crippen molar-refractivity contribution in [3.05, 3.63) is 17.0 Å². The average molecular weight is 225 g/mol. The van der Waals surface area contributed by atoms with Crippen molar-refractivity contribution in [1.29, 1.82) is 0 Å². The zero-order chi connectivity index (χ0) is 9.97. The summed E-state index contributed by atoms with van der Waals surface area (Å²) in [4.78, 5) is 4.71. The summed E-state index contributed by atoms with van der Waals surface area (Å²) in [6, 6.07) is 2.21. The van der Waals surface area contributed by atoms with Crippen LogP contribution in [0.2, 0.25) is 0 Å². The highest BCUT2D eigenvalue weighted by Gasteiger charge is 2.16. The molecule has 2 rings (SSSR count). The van der Waals surface area contributed by atoms with Gasteiger partial charge in [-0.15, -0.1) is 23.1 Å². The molecule has 0 atom stereocenters. The predicted molar refractivity (Wildman–Crippen MR) is 65.9 cm³/mol. The third kappa shape index (κ3) is 2.20. The van der Waals surface area contributed by atoms with Crippen molar-refractivity contribution in [1.82, 2.24) is 0 Å². The van der Waals surface area contributed by atoms with E-state index in [0.29, 0.717) is 5.92 Å². The molecule has 0 aliphatic carbocycles. The molecule has 1 aromatic heterocycles. The van der Waals surface area contributed by atoms with E-state index in [1.807, 2.05) is 23.1 Å². The van der Waals surface area contributed by atoms with Crippen LogP contribution in [-0.2, 0) is 0 Å². The normalized spacial score (nSPS) is 18.9. The van der Waals surface area contributed by atoms with Crippen LogP contribution in [0.5, 0.6) is 0 Å². The lowest BCUT2D eigenvalue weighted by molar-refractivity contribution is 0.664. The number of rotatable bonds is 2. The molecule has 0 spiro atoms. The number of hydrogen-bond acceptors (Lipinski definition) is 3. The minimum Gasteiger partial charge on any atom is -0.289 e. The van der Waals surface area contributed by atoms with Gasteiger partial charge in [0.15, 0.2) is 0 Å². The Morgan fingerprint density at radius 1 is 1.50 bits per heavy atom. The van der Waals surface area contributed by atoms with Crippen molar-refractivity contribution in [3.63, 3.8) is 0 Å². The summed E-state index contributed by atoms with van der Waals surface area (Å²) in [6.45, 7) is 5.40. The molecule has 1 aliphatic heterocycles. The van der Waals surface area contributed by atoms with E-state index in [1.165, 1.54) is 21.2 Å². The lowest BCUT2D eigenvalue weighted by Gasteiger charge is -2.13. The molecule has 0 fully saturated rings. The van der Waals surface area contributed by atoms with Crippen LogP contribution in [0.15, 0.2) is 20.6 Å². The first-order valence-electron chi connectivity index (χ1n) is 5.01. The van der Waals surface area contributed by atoms with Crippen LogP contribution in [0.4, 0.5) is 0 Å². The molecule has 0 saturated carbocycles. The number of aliphatic imine (C=N–C) groups is 1. The van der Waals surface area contributed by atoms with E-state index >= 15 is 0 Å². The number of hydrogen-bond donors (Lipinski definition) is 0. The molecule has 1 aliphatic rings. The minimum atomic E-state index is 0.666. The van der Waals surface area contributed by atoms with E-state index in [0.717, 1.165) is 13.0 Å². The van der Waals surface area contributed by atoms with E-state index < -0.39 is 0 Å². The van der Waals surface area contributed by atoms with Crippen LogP contribution in [0.1, 0.15) is 25.8 Å². The largest absolute Gasteiger partial charge is 0.289 e. The first-order chi connectivity index (χ1) is 6.77. The second-order valence-electron chi connectivity index (χ2n) is 3.90. The fourth-order valence-electron chi connectivity index (χ4n) is 1.45. The van der Waals surface area contributed by atoms with Crippen molar-refractivity contribution in [2.45, 2.75) is 24.5 Å². The summed E-state index contributed by atoms with van der Waals surface area (Å²) < 4.78 is 1.46. The summed E-state index contributed by atoms with van der Waals surface area (Å²) in [5.41, 5.74) is 2.72. The van der Waals surface area contributed by atoms with Crippen molar-refractivity contribution in [2.24, 2.45) is 10.9 Å². The fourth-order valence-corrected chi connectivity index (χ4v) is 3.60. The second-order valence-corrected chi connectivity index (χ2v) is 6.18. The summed E-state index contributed by atoms with van der Waals surface area (Å²) in [5.74, 6) is 1.86. The average Bonchev–Trinajstić information content (AvgIpc) is 2.62. The van der Waals surface area contributed by atoms with Crippen LogP contribution in [0.25, 0.3) is 0 Å². The highest BCUT2D eigenvalue weighted by molar-refractivity contribution is 8.01. The Morgan fingerprint density at radius 2 is 2.36 bits per heavy atom. The molecule has 1 aromatic rings. The molecule has 0 aromatic carbocycles. The second kappa shape index (κ2) is 4.49. The minimum absolute atomic E-state index is 0.666. The fraction of sp³-hybridized carbons (Fsp3) is 0.545. The number of nitrogens with zero attached hydrogens (tertiary/aromatic N) is 1. The summed E-state index contributed by atoms with van der Waals surface area (Å²) >= 11 is 3.82. The lowest BCUT2D eigenvalue weighted by atomic mass is 10.1. The summed E-state index contributed by atoms with van der Waals surface area (Å²) in [5, 5.41) is 2.17. The first-order valence-corrected chi connectivity index (χ1v) is 6.88. The maximum Gasteiger partial charge on any atom is 0.0689 e. The molecule has 0 bridgehead atoms. The molecular formula is C11H15NS2. The Bertz CT molecular complexity index is 339. The SMILES string of the molecule is CC(C)CN=C1CCSc2sccc21. The smallest absolute Gasteiger partial charge is 0.0689 e. The number of thiophene rings is 1. The zero-order valence-corrected chi connectivity index (χ0v) is 10.3. The van der Waals surface area contributed by atoms with E-state index in [4.69, 9.17) is 4.99 Å². The highest BCUT2D eigenvalue weighted by Crippen LogP contribution is 2.34. The van der Waals surface area contributed by atoms with Gasteiger partial charge < -0.3 is 0 Å². The molecule has 3 heteroatoms. The molecule has 76 valence electrons. The van der Waals surface area contributed by atoms with E-state index in [-0.39, 0.29) is 0 Å². The van der Waals surface area contributed by atoms with E-state index in [1.54, 1.807) is 0 Å². The molecular weight excluding hydrogens is 210 g/mol. The third-order valence-corrected chi connectivity index (χ3v) is 4.40. The maximum atomic E-state index is 4.71. The lowest BCUT2D eigenvalue weighted by Crippen LogP contribution is -2.09.